The maximum Gasteiger partial charge on any atom is 0.573 e. The highest BCUT2D eigenvalue weighted by molar-refractivity contribution is 7.89. The molecule has 3 aromatic rings. The zero-order valence-corrected chi connectivity index (χ0v) is 20.4. The van der Waals surface area contributed by atoms with Crippen LogP contribution in [0.3, 0.4) is 0 Å². The van der Waals surface area contributed by atoms with Crippen molar-refractivity contribution in [1.29, 1.82) is 0 Å². The van der Waals surface area contributed by atoms with Gasteiger partial charge in [0.25, 0.3) is 0 Å². The minimum atomic E-state index is -4.78. The molecule has 0 aliphatic carbocycles. The van der Waals surface area contributed by atoms with Crippen LogP contribution in [0.25, 0.3) is 0 Å². The van der Waals surface area contributed by atoms with E-state index in [0.29, 0.717) is 40.9 Å². The van der Waals surface area contributed by atoms with E-state index in [-0.39, 0.29) is 11.9 Å². The van der Waals surface area contributed by atoms with Crippen molar-refractivity contribution in [2.24, 2.45) is 0 Å². The first-order valence-electron chi connectivity index (χ1n) is 10.8. The normalized spacial score (nSPS) is 20.6. The number of ether oxygens (including phenoxy) is 2. The third kappa shape index (κ3) is 5.12. The highest BCUT2D eigenvalue weighted by atomic mass is 35.5. The van der Waals surface area contributed by atoms with Crippen LogP contribution in [0.5, 0.6) is 5.75 Å². The van der Waals surface area contributed by atoms with Crippen LogP contribution < -0.4 is 4.74 Å². The average Bonchev–Trinajstić information content (AvgIpc) is 3.12. The average molecular weight is 543 g/mol. The lowest BCUT2D eigenvalue weighted by atomic mass is 9.87. The van der Waals surface area contributed by atoms with Gasteiger partial charge in [0.1, 0.15) is 17.5 Å². The van der Waals surface area contributed by atoms with Crippen molar-refractivity contribution in [1.82, 2.24) is 9.29 Å². The number of pyridine rings is 1. The van der Waals surface area contributed by atoms with E-state index in [1.165, 1.54) is 12.1 Å². The zero-order valence-electron chi connectivity index (χ0n) is 18.1. The number of aromatic nitrogens is 1. The molecule has 2 aliphatic rings. The molecule has 0 N–H and O–H groups in total. The Morgan fingerprint density at radius 2 is 1.71 bits per heavy atom. The van der Waals surface area contributed by atoms with E-state index >= 15 is 0 Å². The van der Waals surface area contributed by atoms with E-state index in [1.807, 2.05) is 24.3 Å². The number of hydrogen-bond donors (Lipinski definition) is 0. The van der Waals surface area contributed by atoms with Gasteiger partial charge in [0.05, 0.1) is 17.1 Å². The van der Waals surface area contributed by atoms with Crippen molar-refractivity contribution in [2.75, 3.05) is 13.1 Å². The topological polar surface area (TPSA) is 57.7 Å². The molecule has 1 aromatic heterocycles. The molecule has 3 heterocycles. The Morgan fingerprint density at radius 3 is 2.34 bits per heavy atom. The second kappa shape index (κ2) is 9.46. The monoisotopic (exact) mass is 542 g/mol. The predicted octanol–water partition coefficient (Wildman–Crippen LogP) is 6.42. The van der Waals surface area contributed by atoms with Gasteiger partial charge in [0, 0.05) is 34.9 Å². The number of fused-ring (bicyclic) bond motifs is 2. The fraction of sp³-hybridized carbons (Fsp3) is 0.292. The lowest BCUT2D eigenvalue weighted by Gasteiger charge is -2.38. The van der Waals surface area contributed by atoms with E-state index in [2.05, 4.69) is 9.72 Å². The van der Waals surface area contributed by atoms with Gasteiger partial charge in [0.2, 0.25) is 0 Å². The van der Waals surface area contributed by atoms with Crippen LogP contribution >= 0.6 is 23.2 Å². The molecule has 0 saturated carbocycles. The Kier molecular flexibility index (Phi) is 6.67. The number of hydrogen-bond acceptors (Lipinski definition) is 5. The summed E-state index contributed by atoms with van der Waals surface area (Å²) in [4.78, 5) is 5.03. The molecule has 1 saturated heterocycles. The molecular formula is C24H19Cl2F3N2O3S. The van der Waals surface area contributed by atoms with E-state index in [9.17, 15) is 17.7 Å². The van der Waals surface area contributed by atoms with E-state index in [1.54, 1.807) is 16.6 Å². The van der Waals surface area contributed by atoms with Crippen LogP contribution in [0, 0.1) is 0 Å². The fourth-order valence-electron chi connectivity index (χ4n) is 4.60. The van der Waals surface area contributed by atoms with Gasteiger partial charge in [-0.15, -0.1) is 17.5 Å². The van der Waals surface area contributed by atoms with Crippen molar-refractivity contribution in [3.05, 3.63) is 87.7 Å². The molecule has 2 aliphatic heterocycles. The second-order valence-corrected chi connectivity index (χ2v) is 10.7. The van der Waals surface area contributed by atoms with Crippen LogP contribution in [-0.4, -0.2) is 33.3 Å². The molecule has 0 amide bonds. The number of alkyl halides is 3. The largest absolute Gasteiger partial charge is 0.593 e. The lowest BCUT2D eigenvalue weighted by Crippen LogP contribution is -2.45. The molecule has 1 unspecified atom stereocenters. The van der Waals surface area contributed by atoms with Crippen molar-refractivity contribution in [3.63, 3.8) is 0 Å². The maximum atomic E-state index is 13.1. The molecule has 0 bridgehead atoms. The third-order valence-corrected chi connectivity index (χ3v) is 8.05. The molecule has 5 nitrogen and oxygen atoms in total. The summed E-state index contributed by atoms with van der Waals surface area (Å²) in [5.74, 6) is -0.356. The molecule has 2 aromatic carbocycles. The summed E-state index contributed by atoms with van der Waals surface area (Å²) < 4.78 is 62.6. The second-order valence-electron chi connectivity index (χ2n) is 8.33. The zero-order chi connectivity index (χ0) is 24.8. The first-order chi connectivity index (χ1) is 16.6. The van der Waals surface area contributed by atoms with Gasteiger partial charge in [-0.3, -0.25) is 4.98 Å². The van der Waals surface area contributed by atoms with Gasteiger partial charge < -0.3 is 14.0 Å². The minimum Gasteiger partial charge on any atom is -0.593 e. The third-order valence-electron chi connectivity index (χ3n) is 6.11. The molecule has 5 rings (SSSR count). The molecule has 2 atom stereocenters. The van der Waals surface area contributed by atoms with Gasteiger partial charge in [-0.25, -0.2) is 0 Å². The van der Waals surface area contributed by atoms with Crippen LogP contribution in [0.15, 0.2) is 65.7 Å². The SMILES string of the molecule is [O-][S@+](c1ccc(OC(F)(F)F)cc1)N1CCC2(CC1)OC(c1cc(Cl)cc(Cl)c1)c1cccnc12. The Labute approximate surface area is 213 Å². The summed E-state index contributed by atoms with van der Waals surface area (Å²) in [7, 11) is 0. The van der Waals surface area contributed by atoms with Crippen LogP contribution in [-0.2, 0) is 21.7 Å². The summed E-state index contributed by atoms with van der Waals surface area (Å²) in [5, 5.41) is 1.03. The molecule has 0 radical (unpaired) electrons. The molecule has 35 heavy (non-hydrogen) atoms. The Morgan fingerprint density at radius 1 is 1.06 bits per heavy atom. The molecular weight excluding hydrogens is 524 g/mol. The van der Waals surface area contributed by atoms with E-state index in [4.69, 9.17) is 27.9 Å². The van der Waals surface area contributed by atoms with Crippen LogP contribution in [0.2, 0.25) is 10.0 Å². The molecule has 184 valence electrons. The summed E-state index contributed by atoms with van der Waals surface area (Å²) in [6.45, 7) is 0.902. The maximum absolute atomic E-state index is 13.1. The van der Waals surface area contributed by atoms with E-state index in [0.717, 1.165) is 29.0 Å². The Bertz CT molecular complexity index is 1200. The highest BCUT2D eigenvalue weighted by Crippen LogP contribution is 2.51. The van der Waals surface area contributed by atoms with Gasteiger partial charge >= 0.3 is 6.36 Å². The molecule has 1 spiro atoms. The van der Waals surface area contributed by atoms with Gasteiger partial charge in [-0.1, -0.05) is 29.3 Å². The Balaban J connectivity index is 1.32. The van der Waals surface area contributed by atoms with Crippen molar-refractivity contribution >= 4 is 34.6 Å². The Hall–Kier alpha value is -2.01. The van der Waals surface area contributed by atoms with Crippen molar-refractivity contribution in [3.8, 4) is 5.75 Å². The van der Waals surface area contributed by atoms with Gasteiger partial charge in [-0.05, 0) is 66.9 Å². The van der Waals surface area contributed by atoms with Crippen LogP contribution in [0.4, 0.5) is 13.2 Å². The number of piperidine rings is 1. The predicted molar refractivity (Wildman–Crippen MR) is 126 cm³/mol. The van der Waals surface area contributed by atoms with Crippen molar-refractivity contribution in [2.45, 2.75) is 35.8 Å². The summed E-state index contributed by atoms with van der Waals surface area (Å²) in [6.07, 6.45) is -2.34. The smallest absolute Gasteiger partial charge is 0.573 e. The van der Waals surface area contributed by atoms with Crippen LogP contribution in [0.1, 0.15) is 35.8 Å². The number of rotatable bonds is 4. The standard InChI is InChI=1S/C24H19Cl2F3N2O3S/c25-16-12-15(13-17(26)14-16)21-20-2-1-9-30-22(20)23(34-21)7-10-31(11-8-23)35(32)19-5-3-18(4-6-19)33-24(27,28)29/h1-6,9,12-14,21H,7-8,10-11H2/t21?,35-/m1/s1. The fourth-order valence-corrected chi connectivity index (χ4v) is 6.33. The summed E-state index contributed by atoms with van der Waals surface area (Å²) >= 11 is 10.9. The molecule has 1 fully saturated rings. The van der Waals surface area contributed by atoms with Gasteiger partial charge in [-0.2, -0.15) is 0 Å². The highest BCUT2D eigenvalue weighted by Gasteiger charge is 2.50. The first-order valence-corrected chi connectivity index (χ1v) is 12.6. The van der Waals surface area contributed by atoms with Crippen molar-refractivity contribution < 1.29 is 27.2 Å². The molecule has 11 heteroatoms. The lowest BCUT2D eigenvalue weighted by molar-refractivity contribution is -0.274. The number of nitrogens with zero attached hydrogens (tertiary/aromatic N) is 2. The number of benzene rings is 2. The van der Waals surface area contributed by atoms with E-state index < -0.39 is 23.3 Å². The summed E-state index contributed by atoms with van der Waals surface area (Å²) in [6, 6.07) is 14.2. The van der Waals surface area contributed by atoms with Gasteiger partial charge in [0.15, 0.2) is 4.90 Å². The summed E-state index contributed by atoms with van der Waals surface area (Å²) in [5.41, 5.74) is 1.97. The minimum absolute atomic E-state index is 0.356. The number of halogens is 5. The quantitative estimate of drug-likeness (QED) is 0.356. The first kappa shape index (κ1) is 24.7.